The third-order valence-corrected chi connectivity index (χ3v) is 11.1. The van der Waals surface area contributed by atoms with Gasteiger partial charge in [-0.05, 0) is 141 Å². The molecule has 1 aromatic heterocycles. The molecule has 0 unspecified atom stereocenters. The molecule has 0 saturated carbocycles. The van der Waals surface area contributed by atoms with E-state index in [0.29, 0.717) is 0 Å². The summed E-state index contributed by atoms with van der Waals surface area (Å²) < 4.78 is 0. The van der Waals surface area contributed by atoms with E-state index in [1.165, 1.54) is 33.4 Å². The van der Waals surface area contributed by atoms with E-state index in [1.807, 2.05) is 0 Å². The molecule has 8 aromatic carbocycles. The molecule has 0 N–H and O–H groups in total. The maximum Gasteiger partial charge on any atom is 0.0709 e. The van der Waals surface area contributed by atoms with Crippen molar-refractivity contribution in [2.75, 3.05) is 9.80 Å². The predicted molar refractivity (Wildman–Crippen MR) is 256 cm³/mol. The first-order valence-electron chi connectivity index (χ1n) is 20.6. The molecule has 0 amide bonds. The lowest BCUT2D eigenvalue weighted by molar-refractivity contribution is 1.27. The number of nitrogens with zero attached hydrogens (tertiary/aromatic N) is 3. The summed E-state index contributed by atoms with van der Waals surface area (Å²) in [4.78, 5) is 9.69. The zero-order valence-electron chi connectivity index (χ0n) is 34.5. The summed E-state index contributed by atoms with van der Waals surface area (Å²) in [5.41, 5.74) is 19.4. The fraction of sp³-hybridized carbons (Fsp3) is 0.0702. The summed E-state index contributed by atoms with van der Waals surface area (Å²) in [6.07, 6.45) is 4.36. The standard InChI is InChI=1S/C57H47N3/c1-40-5-25-50(26-6-40)59(51-27-7-41(2)8-28-51)54-33-17-45(18-34-54)14-13-44-15-19-46(20-16-44)48-23-37-57-49(39-48)24-38-56(58-57)47-21-35-55(36-22-47)60(52-29-9-42(3)10-30-52)53-31-11-43(4)12-32-53/h5-39H,1-4H3. The number of anilines is 6. The van der Waals surface area contributed by atoms with Crippen LogP contribution < -0.4 is 9.80 Å². The van der Waals surface area contributed by atoms with Crippen molar-refractivity contribution in [1.82, 2.24) is 4.98 Å². The maximum absolute atomic E-state index is 5.08. The Morgan fingerprint density at radius 3 is 1.07 bits per heavy atom. The Hall–Kier alpha value is -7.49. The summed E-state index contributed by atoms with van der Waals surface area (Å²) >= 11 is 0. The minimum absolute atomic E-state index is 0.958. The number of rotatable bonds is 10. The molecule has 1 heterocycles. The average molecular weight is 774 g/mol. The van der Waals surface area contributed by atoms with Crippen LogP contribution in [0.1, 0.15) is 33.4 Å². The van der Waals surface area contributed by atoms with Crippen molar-refractivity contribution in [2.45, 2.75) is 27.7 Å². The number of benzene rings is 8. The summed E-state index contributed by atoms with van der Waals surface area (Å²) in [7, 11) is 0. The first kappa shape index (κ1) is 38.1. The van der Waals surface area contributed by atoms with Crippen LogP contribution in [0.15, 0.2) is 200 Å². The molecule has 0 aliphatic carbocycles. The monoisotopic (exact) mass is 773 g/mol. The molecule has 0 saturated heterocycles. The highest BCUT2D eigenvalue weighted by molar-refractivity contribution is 5.87. The molecule has 0 aliphatic rings. The highest BCUT2D eigenvalue weighted by Crippen LogP contribution is 2.37. The molecular weight excluding hydrogens is 727 g/mol. The minimum Gasteiger partial charge on any atom is -0.311 e. The fourth-order valence-corrected chi connectivity index (χ4v) is 7.63. The zero-order valence-corrected chi connectivity index (χ0v) is 34.5. The largest absolute Gasteiger partial charge is 0.311 e. The van der Waals surface area contributed by atoms with E-state index < -0.39 is 0 Å². The van der Waals surface area contributed by atoms with Crippen molar-refractivity contribution in [2.24, 2.45) is 0 Å². The highest BCUT2D eigenvalue weighted by atomic mass is 15.1. The Labute approximate surface area is 354 Å². The zero-order chi connectivity index (χ0) is 41.0. The average Bonchev–Trinajstić information content (AvgIpc) is 3.29. The SMILES string of the molecule is Cc1ccc(N(c2ccc(C)cc2)c2ccc(C=Cc3ccc(-c4ccc5nc(-c6ccc(N(c7ccc(C)cc7)c7ccc(C)cc7)cc6)ccc5c4)cc3)cc2)cc1. The molecule has 9 rings (SSSR count). The van der Waals surface area contributed by atoms with Gasteiger partial charge in [0.15, 0.2) is 0 Å². The van der Waals surface area contributed by atoms with Crippen molar-refractivity contribution >= 4 is 57.2 Å². The van der Waals surface area contributed by atoms with Gasteiger partial charge in [0.05, 0.1) is 11.2 Å². The van der Waals surface area contributed by atoms with Gasteiger partial charge >= 0.3 is 0 Å². The van der Waals surface area contributed by atoms with Gasteiger partial charge in [-0.15, -0.1) is 0 Å². The molecule has 3 heteroatoms. The van der Waals surface area contributed by atoms with Crippen LogP contribution in [0.3, 0.4) is 0 Å². The van der Waals surface area contributed by atoms with Crippen LogP contribution in [0.2, 0.25) is 0 Å². The van der Waals surface area contributed by atoms with Crippen LogP contribution in [-0.4, -0.2) is 4.98 Å². The smallest absolute Gasteiger partial charge is 0.0709 e. The first-order valence-corrected chi connectivity index (χ1v) is 20.6. The van der Waals surface area contributed by atoms with Gasteiger partial charge in [-0.25, -0.2) is 4.98 Å². The fourth-order valence-electron chi connectivity index (χ4n) is 7.63. The summed E-state index contributed by atoms with van der Waals surface area (Å²) in [5, 5.41) is 1.12. The van der Waals surface area contributed by atoms with Crippen molar-refractivity contribution in [1.29, 1.82) is 0 Å². The maximum atomic E-state index is 5.08. The molecule has 0 aliphatic heterocycles. The van der Waals surface area contributed by atoms with Crippen LogP contribution in [0, 0.1) is 27.7 Å². The molecule has 0 atom stereocenters. The van der Waals surface area contributed by atoms with E-state index in [2.05, 4.69) is 250 Å². The van der Waals surface area contributed by atoms with Crippen molar-refractivity contribution in [3.8, 4) is 22.4 Å². The van der Waals surface area contributed by atoms with E-state index in [0.717, 1.165) is 67.4 Å². The minimum atomic E-state index is 0.958. The van der Waals surface area contributed by atoms with Gasteiger partial charge in [-0.2, -0.15) is 0 Å². The molecule has 3 nitrogen and oxygen atoms in total. The lowest BCUT2D eigenvalue weighted by Crippen LogP contribution is -2.09. The summed E-state index contributed by atoms with van der Waals surface area (Å²) in [6.45, 7) is 8.49. The van der Waals surface area contributed by atoms with E-state index >= 15 is 0 Å². The number of aryl methyl sites for hydroxylation is 4. The van der Waals surface area contributed by atoms with E-state index in [9.17, 15) is 0 Å². The molecule has 0 radical (unpaired) electrons. The second kappa shape index (κ2) is 16.8. The Morgan fingerprint density at radius 1 is 0.317 bits per heavy atom. The molecule has 60 heavy (non-hydrogen) atoms. The van der Waals surface area contributed by atoms with Gasteiger partial charge in [0.1, 0.15) is 0 Å². The third kappa shape index (κ3) is 8.39. The number of pyridine rings is 1. The van der Waals surface area contributed by atoms with Crippen molar-refractivity contribution in [3.05, 3.63) is 234 Å². The van der Waals surface area contributed by atoms with Crippen molar-refractivity contribution in [3.63, 3.8) is 0 Å². The summed E-state index contributed by atoms with van der Waals surface area (Å²) in [6, 6.07) is 71.9. The lowest BCUT2D eigenvalue weighted by Gasteiger charge is -2.26. The highest BCUT2D eigenvalue weighted by Gasteiger charge is 2.14. The normalized spacial score (nSPS) is 11.3. The topological polar surface area (TPSA) is 19.4 Å². The van der Waals surface area contributed by atoms with Crippen LogP contribution in [0.25, 0.3) is 45.4 Å². The van der Waals surface area contributed by atoms with E-state index in [4.69, 9.17) is 4.98 Å². The van der Waals surface area contributed by atoms with Gasteiger partial charge in [0, 0.05) is 45.1 Å². The number of aromatic nitrogens is 1. The molecule has 0 fully saturated rings. The Balaban J connectivity index is 0.890. The summed E-state index contributed by atoms with van der Waals surface area (Å²) in [5.74, 6) is 0. The van der Waals surface area contributed by atoms with Crippen LogP contribution in [0.4, 0.5) is 34.1 Å². The van der Waals surface area contributed by atoms with Gasteiger partial charge in [0.25, 0.3) is 0 Å². The number of fused-ring (bicyclic) bond motifs is 1. The quantitative estimate of drug-likeness (QED) is 0.129. The van der Waals surface area contributed by atoms with Crippen LogP contribution in [-0.2, 0) is 0 Å². The molecular formula is C57H47N3. The Kier molecular flexibility index (Phi) is 10.6. The number of hydrogen-bond acceptors (Lipinski definition) is 3. The second-order valence-electron chi connectivity index (χ2n) is 15.7. The van der Waals surface area contributed by atoms with Gasteiger partial charge in [-0.3, -0.25) is 0 Å². The Bertz CT molecular complexity index is 2800. The van der Waals surface area contributed by atoms with E-state index in [1.54, 1.807) is 0 Å². The van der Waals surface area contributed by atoms with Crippen molar-refractivity contribution < 1.29 is 0 Å². The molecule has 9 aromatic rings. The number of hydrogen-bond donors (Lipinski definition) is 0. The lowest BCUT2D eigenvalue weighted by atomic mass is 10.0. The van der Waals surface area contributed by atoms with Crippen LogP contribution >= 0.6 is 0 Å². The van der Waals surface area contributed by atoms with Crippen LogP contribution in [0.5, 0.6) is 0 Å². The second-order valence-corrected chi connectivity index (χ2v) is 15.7. The van der Waals surface area contributed by atoms with Gasteiger partial charge in [-0.1, -0.05) is 144 Å². The third-order valence-electron chi connectivity index (χ3n) is 11.1. The molecule has 290 valence electrons. The molecule has 0 spiro atoms. The first-order chi connectivity index (χ1) is 29.3. The predicted octanol–water partition coefficient (Wildman–Crippen LogP) is 15.9. The van der Waals surface area contributed by atoms with Gasteiger partial charge < -0.3 is 9.80 Å². The Morgan fingerprint density at radius 2 is 0.650 bits per heavy atom. The van der Waals surface area contributed by atoms with E-state index in [-0.39, 0.29) is 0 Å². The van der Waals surface area contributed by atoms with Gasteiger partial charge in [0.2, 0.25) is 0 Å². The molecule has 0 bridgehead atoms.